The van der Waals surface area contributed by atoms with Crippen LogP contribution in [0.1, 0.15) is 0 Å². The predicted molar refractivity (Wildman–Crippen MR) is 49.6 cm³/mol. The van der Waals surface area contributed by atoms with E-state index in [0.29, 0.717) is 0 Å². The summed E-state index contributed by atoms with van der Waals surface area (Å²) in [6.45, 7) is -3.24. The molecule has 0 spiro atoms. The second-order valence-electron chi connectivity index (χ2n) is 2.52. The van der Waals surface area contributed by atoms with Crippen LogP contribution in [-0.4, -0.2) is 35.3 Å². The first kappa shape index (κ1) is 11.8. The molecule has 0 aliphatic carbocycles. The molecular weight excluding hydrogens is 232 g/mol. The highest BCUT2D eigenvalue weighted by Gasteiger charge is 2.10. The van der Waals surface area contributed by atoms with Crippen LogP contribution in [0.5, 0.6) is 0 Å². The minimum absolute atomic E-state index is 0.0631. The van der Waals surface area contributed by atoms with E-state index in [1.54, 1.807) is 0 Å². The van der Waals surface area contributed by atoms with Gasteiger partial charge in [0, 0.05) is 7.05 Å². The third-order valence-electron chi connectivity index (χ3n) is 1.35. The summed E-state index contributed by atoms with van der Waals surface area (Å²) < 4.78 is 27.5. The van der Waals surface area contributed by atoms with Gasteiger partial charge in [0.15, 0.2) is 0 Å². The van der Waals surface area contributed by atoms with Gasteiger partial charge in [0.1, 0.15) is 6.73 Å². The SMILES string of the molecule is CN(COC(F)F)c1nc(N)nc(Cl)n1. The number of rotatable bonds is 4. The highest BCUT2D eigenvalue weighted by Crippen LogP contribution is 2.10. The number of ether oxygens (including phenoxy) is 1. The predicted octanol–water partition coefficient (Wildman–Crippen LogP) is 0.740. The molecule has 1 heterocycles. The molecule has 0 fully saturated rings. The number of anilines is 2. The van der Waals surface area contributed by atoms with Gasteiger partial charge in [-0.05, 0) is 11.6 Å². The van der Waals surface area contributed by atoms with Gasteiger partial charge in [0.05, 0.1) is 0 Å². The Kier molecular flexibility index (Phi) is 3.92. The van der Waals surface area contributed by atoms with Gasteiger partial charge < -0.3 is 15.4 Å². The maximum Gasteiger partial charge on any atom is 0.346 e. The molecule has 1 aromatic heterocycles. The molecule has 0 saturated heterocycles. The fraction of sp³-hybridized carbons (Fsp3) is 0.500. The number of nitrogen functional groups attached to an aromatic ring is 1. The molecular formula is C6H8ClF2N5O. The van der Waals surface area contributed by atoms with Crippen LogP contribution in [-0.2, 0) is 4.74 Å². The molecule has 1 aromatic rings. The van der Waals surface area contributed by atoms with Crippen molar-refractivity contribution in [1.82, 2.24) is 15.0 Å². The maximum absolute atomic E-state index is 11.7. The van der Waals surface area contributed by atoms with Gasteiger partial charge in [-0.2, -0.15) is 23.7 Å². The van der Waals surface area contributed by atoms with Crippen LogP contribution in [0.3, 0.4) is 0 Å². The van der Waals surface area contributed by atoms with Crippen molar-refractivity contribution in [2.45, 2.75) is 6.61 Å². The molecule has 0 bridgehead atoms. The monoisotopic (exact) mass is 239 g/mol. The van der Waals surface area contributed by atoms with Gasteiger partial charge in [0.25, 0.3) is 0 Å². The van der Waals surface area contributed by atoms with Crippen LogP contribution in [0.25, 0.3) is 0 Å². The number of aromatic nitrogens is 3. The lowest BCUT2D eigenvalue weighted by Gasteiger charge is -2.16. The summed E-state index contributed by atoms with van der Waals surface area (Å²) in [5, 5.41) is -0.110. The first-order valence-corrected chi connectivity index (χ1v) is 4.15. The average Bonchev–Trinajstić information content (AvgIpc) is 2.12. The number of alkyl halides is 2. The normalized spacial score (nSPS) is 10.7. The minimum atomic E-state index is -2.86. The number of nitrogens with two attached hydrogens (primary N) is 1. The zero-order valence-corrected chi connectivity index (χ0v) is 8.45. The third kappa shape index (κ3) is 3.76. The number of hydrogen-bond donors (Lipinski definition) is 1. The molecule has 9 heteroatoms. The Morgan fingerprint density at radius 1 is 1.47 bits per heavy atom. The van der Waals surface area contributed by atoms with Gasteiger partial charge in [0.2, 0.25) is 17.2 Å². The highest BCUT2D eigenvalue weighted by molar-refractivity contribution is 6.28. The van der Waals surface area contributed by atoms with Gasteiger partial charge in [-0.3, -0.25) is 0 Å². The maximum atomic E-state index is 11.7. The van der Waals surface area contributed by atoms with Gasteiger partial charge >= 0.3 is 6.61 Å². The van der Waals surface area contributed by atoms with E-state index in [9.17, 15) is 8.78 Å². The molecule has 0 saturated carbocycles. The van der Waals surface area contributed by atoms with Gasteiger partial charge in [-0.1, -0.05) is 0 Å². The molecule has 1 rings (SSSR count). The van der Waals surface area contributed by atoms with E-state index in [1.807, 2.05) is 0 Å². The average molecular weight is 240 g/mol. The Labute approximate surface area is 89.0 Å². The van der Waals surface area contributed by atoms with Crippen LogP contribution in [0.15, 0.2) is 0 Å². The Bertz CT molecular complexity index is 319. The number of halogens is 3. The largest absolute Gasteiger partial charge is 0.368 e. The van der Waals surface area contributed by atoms with E-state index in [-0.39, 0.29) is 23.9 Å². The number of nitrogens with zero attached hydrogens (tertiary/aromatic N) is 4. The second-order valence-corrected chi connectivity index (χ2v) is 2.86. The zero-order valence-electron chi connectivity index (χ0n) is 7.69. The summed E-state index contributed by atoms with van der Waals surface area (Å²) in [5.74, 6) is -0.0259. The van der Waals surface area contributed by atoms with Crippen molar-refractivity contribution in [2.24, 2.45) is 0 Å². The Morgan fingerprint density at radius 3 is 2.67 bits per heavy atom. The summed E-state index contributed by atoms with van der Waals surface area (Å²) in [6.07, 6.45) is 0. The number of hydrogen-bond acceptors (Lipinski definition) is 6. The first-order chi connectivity index (χ1) is 6.99. The molecule has 0 atom stereocenters. The third-order valence-corrected chi connectivity index (χ3v) is 1.52. The van der Waals surface area contributed by atoms with Crippen molar-refractivity contribution in [3.05, 3.63) is 5.28 Å². The van der Waals surface area contributed by atoms with Crippen molar-refractivity contribution in [2.75, 3.05) is 24.4 Å². The van der Waals surface area contributed by atoms with E-state index < -0.39 is 6.61 Å². The fourth-order valence-electron chi connectivity index (χ4n) is 0.751. The molecule has 0 radical (unpaired) electrons. The van der Waals surface area contributed by atoms with E-state index in [4.69, 9.17) is 17.3 Å². The van der Waals surface area contributed by atoms with Crippen LogP contribution < -0.4 is 10.6 Å². The van der Waals surface area contributed by atoms with Crippen molar-refractivity contribution in [3.63, 3.8) is 0 Å². The van der Waals surface area contributed by atoms with E-state index >= 15 is 0 Å². The fourth-order valence-corrected chi connectivity index (χ4v) is 0.913. The van der Waals surface area contributed by atoms with Crippen molar-refractivity contribution in [1.29, 1.82) is 0 Å². The zero-order chi connectivity index (χ0) is 11.4. The molecule has 84 valence electrons. The molecule has 6 nitrogen and oxygen atoms in total. The molecule has 0 amide bonds. The smallest absolute Gasteiger partial charge is 0.346 e. The van der Waals surface area contributed by atoms with Crippen LogP contribution in [0, 0.1) is 0 Å². The summed E-state index contributed by atoms with van der Waals surface area (Å²) in [4.78, 5) is 12.1. The summed E-state index contributed by atoms with van der Waals surface area (Å²) in [5.41, 5.74) is 5.29. The lowest BCUT2D eigenvalue weighted by molar-refractivity contribution is -0.127. The topological polar surface area (TPSA) is 77.2 Å². The van der Waals surface area contributed by atoms with E-state index in [0.717, 1.165) is 0 Å². The van der Waals surface area contributed by atoms with Crippen molar-refractivity contribution < 1.29 is 13.5 Å². The first-order valence-electron chi connectivity index (χ1n) is 3.77. The second kappa shape index (κ2) is 4.99. The molecule has 0 unspecified atom stereocenters. The summed E-state index contributed by atoms with van der Waals surface area (Å²) >= 11 is 5.50. The van der Waals surface area contributed by atoms with E-state index in [2.05, 4.69) is 19.7 Å². The molecule has 0 aliphatic rings. The van der Waals surface area contributed by atoms with Crippen molar-refractivity contribution in [3.8, 4) is 0 Å². The summed E-state index contributed by atoms with van der Waals surface area (Å²) in [7, 11) is 1.45. The molecule has 0 aromatic carbocycles. The standard InChI is InChI=1S/C6H8ClF2N5O/c1-14(2-15-4(8)9)6-12-3(7)11-5(10)13-6/h4H,2H2,1H3,(H2,10,11,12,13). The van der Waals surface area contributed by atoms with Crippen molar-refractivity contribution >= 4 is 23.5 Å². The summed E-state index contributed by atoms with van der Waals surface area (Å²) in [6, 6.07) is 0. The Morgan fingerprint density at radius 2 is 2.13 bits per heavy atom. The van der Waals surface area contributed by atoms with Crippen LogP contribution in [0.4, 0.5) is 20.7 Å². The lowest BCUT2D eigenvalue weighted by Crippen LogP contribution is -2.25. The molecule has 15 heavy (non-hydrogen) atoms. The molecule has 0 aliphatic heterocycles. The van der Waals surface area contributed by atoms with Crippen LogP contribution >= 0.6 is 11.6 Å². The highest BCUT2D eigenvalue weighted by atomic mass is 35.5. The quantitative estimate of drug-likeness (QED) is 0.781. The van der Waals surface area contributed by atoms with E-state index in [1.165, 1.54) is 11.9 Å². The molecule has 2 N–H and O–H groups in total. The van der Waals surface area contributed by atoms with Gasteiger partial charge in [-0.15, -0.1) is 0 Å². The van der Waals surface area contributed by atoms with Crippen LogP contribution in [0.2, 0.25) is 5.28 Å². The minimum Gasteiger partial charge on any atom is -0.368 e. The Balaban J connectivity index is 2.68. The Hall–Kier alpha value is -1.28. The van der Waals surface area contributed by atoms with Gasteiger partial charge in [-0.25, -0.2) is 0 Å². The lowest BCUT2D eigenvalue weighted by atomic mass is 10.7.